The van der Waals surface area contributed by atoms with Crippen molar-refractivity contribution in [2.24, 2.45) is 0 Å². The van der Waals surface area contributed by atoms with Crippen LogP contribution in [0.1, 0.15) is 0 Å². The maximum Gasteiger partial charge on any atom is 0.232 e. The van der Waals surface area contributed by atoms with Crippen LogP contribution in [0.2, 0.25) is 0 Å². The molecule has 0 amide bonds. The molecular formula is C11H20N6O2. The molecule has 0 saturated carbocycles. The van der Waals surface area contributed by atoms with Gasteiger partial charge in [0.05, 0.1) is 0 Å². The van der Waals surface area contributed by atoms with Crippen LogP contribution in [-0.2, 0) is 9.47 Å². The van der Waals surface area contributed by atoms with Crippen molar-refractivity contribution in [3.05, 3.63) is 0 Å². The lowest BCUT2D eigenvalue weighted by Crippen LogP contribution is -2.27. The van der Waals surface area contributed by atoms with Gasteiger partial charge in [0.15, 0.2) is 0 Å². The second-order valence-corrected chi connectivity index (χ2v) is 4.64. The molecule has 8 nitrogen and oxygen atoms in total. The van der Waals surface area contributed by atoms with Crippen molar-refractivity contribution in [2.75, 3.05) is 56.9 Å². The Hall–Kier alpha value is -1.67. The predicted molar refractivity (Wildman–Crippen MR) is 72.4 cm³/mol. The molecule has 1 aliphatic rings. The fourth-order valence-corrected chi connectivity index (χ4v) is 2.07. The number of aromatic nitrogens is 3. The van der Waals surface area contributed by atoms with Crippen molar-refractivity contribution in [3.8, 4) is 0 Å². The first-order valence-corrected chi connectivity index (χ1v) is 6.04. The minimum Gasteiger partial charge on any atom is -0.377 e. The lowest BCUT2D eigenvalue weighted by atomic mass is 10.3. The monoisotopic (exact) mass is 268 g/mol. The Morgan fingerprint density at radius 2 is 1.68 bits per heavy atom. The number of nitrogen functional groups attached to an aromatic ring is 1. The Morgan fingerprint density at radius 3 is 2.16 bits per heavy atom. The van der Waals surface area contributed by atoms with Gasteiger partial charge in [-0.3, -0.25) is 0 Å². The van der Waals surface area contributed by atoms with Gasteiger partial charge in [-0.2, -0.15) is 15.0 Å². The highest BCUT2D eigenvalue weighted by Gasteiger charge is 2.34. The highest BCUT2D eigenvalue weighted by Crippen LogP contribution is 2.22. The van der Waals surface area contributed by atoms with E-state index in [1.165, 1.54) is 0 Å². The second kappa shape index (κ2) is 5.54. The molecule has 106 valence electrons. The summed E-state index contributed by atoms with van der Waals surface area (Å²) in [6, 6.07) is 0. The van der Waals surface area contributed by atoms with Gasteiger partial charge in [-0.15, -0.1) is 0 Å². The van der Waals surface area contributed by atoms with Crippen LogP contribution in [0.25, 0.3) is 0 Å². The lowest BCUT2D eigenvalue weighted by molar-refractivity contribution is -0.00461. The van der Waals surface area contributed by atoms with Gasteiger partial charge >= 0.3 is 0 Å². The zero-order valence-electron chi connectivity index (χ0n) is 11.7. The van der Waals surface area contributed by atoms with Crippen molar-refractivity contribution in [1.82, 2.24) is 15.0 Å². The Labute approximate surface area is 112 Å². The van der Waals surface area contributed by atoms with Gasteiger partial charge in [-0.25, -0.2) is 0 Å². The number of nitrogens with two attached hydrogens (primary N) is 1. The van der Waals surface area contributed by atoms with Crippen LogP contribution in [0.4, 0.5) is 17.8 Å². The summed E-state index contributed by atoms with van der Waals surface area (Å²) < 4.78 is 10.8. The van der Waals surface area contributed by atoms with Crippen LogP contribution < -0.4 is 15.5 Å². The molecule has 8 heteroatoms. The van der Waals surface area contributed by atoms with Crippen molar-refractivity contribution in [2.45, 2.75) is 12.2 Å². The van der Waals surface area contributed by atoms with Gasteiger partial charge in [-0.05, 0) is 0 Å². The number of anilines is 3. The van der Waals surface area contributed by atoms with E-state index >= 15 is 0 Å². The maximum absolute atomic E-state index is 5.72. The van der Waals surface area contributed by atoms with Crippen LogP contribution in [0, 0.1) is 0 Å². The molecule has 1 fully saturated rings. The number of rotatable bonds is 4. The lowest BCUT2D eigenvalue weighted by Gasteiger charge is -2.18. The molecule has 19 heavy (non-hydrogen) atoms. The molecule has 0 spiro atoms. The van der Waals surface area contributed by atoms with E-state index < -0.39 is 0 Å². The van der Waals surface area contributed by atoms with Gasteiger partial charge < -0.3 is 25.0 Å². The molecule has 2 heterocycles. The summed E-state index contributed by atoms with van der Waals surface area (Å²) in [5, 5.41) is 0. The highest BCUT2D eigenvalue weighted by molar-refractivity contribution is 5.43. The number of hydrogen-bond donors (Lipinski definition) is 1. The van der Waals surface area contributed by atoms with E-state index in [4.69, 9.17) is 15.2 Å². The van der Waals surface area contributed by atoms with E-state index in [-0.39, 0.29) is 18.2 Å². The molecule has 0 aromatic carbocycles. The number of ether oxygens (including phenoxy) is 2. The van der Waals surface area contributed by atoms with Gasteiger partial charge in [0, 0.05) is 41.4 Å². The first-order valence-electron chi connectivity index (χ1n) is 6.04. The fourth-order valence-electron chi connectivity index (χ4n) is 2.07. The normalized spacial score (nSPS) is 22.8. The van der Waals surface area contributed by atoms with Crippen molar-refractivity contribution in [1.29, 1.82) is 0 Å². The van der Waals surface area contributed by atoms with Crippen LogP contribution >= 0.6 is 0 Å². The van der Waals surface area contributed by atoms with Gasteiger partial charge in [0.2, 0.25) is 17.8 Å². The Bertz CT molecular complexity index is 429. The number of nitrogens with zero attached hydrogens (tertiary/aromatic N) is 5. The molecule has 2 rings (SSSR count). The Balaban J connectivity index is 2.23. The van der Waals surface area contributed by atoms with Crippen LogP contribution in [0.15, 0.2) is 0 Å². The first kappa shape index (κ1) is 13.8. The third-order valence-corrected chi connectivity index (χ3v) is 3.13. The average molecular weight is 268 g/mol. The average Bonchev–Trinajstić information content (AvgIpc) is 2.81. The molecule has 2 unspecified atom stereocenters. The summed E-state index contributed by atoms with van der Waals surface area (Å²) in [6.07, 6.45) is 0.0107. The molecule has 1 aliphatic heterocycles. The molecule has 1 aromatic heterocycles. The van der Waals surface area contributed by atoms with E-state index in [1.54, 1.807) is 19.1 Å². The second-order valence-electron chi connectivity index (χ2n) is 4.64. The highest BCUT2D eigenvalue weighted by atomic mass is 16.5. The molecular weight excluding hydrogens is 248 g/mol. The van der Waals surface area contributed by atoms with Gasteiger partial charge in [0.25, 0.3) is 0 Å². The molecule has 0 aliphatic carbocycles. The summed E-state index contributed by atoms with van der Waals surface area (Å²) in [5.74, 6) is 1.30. The fraction of sp³-hybridized carbons (Fsp3) is 0.727. The topological polar surface area (TPSA) is 89.6 Å². The minimum atomic E-state index is 0.00537. The van der Waals surface area contributed by atoms with E-state index in [0.717, 1.165) is 0 Å². The quantitative estimate of drug-likeness (QED) is 0.772. The van der Waals surface area contributed by atoms with Crippen LogP contribution in [0.3, 0.4) is 0 Å². The summed E-state index contributed by atoms with van der Waals surface area (Å²) in [6.45, 7) is 1.34. The zero-order valence-corrected chi connectivity index (χ0v) is 11.7. The summed E-state index contributed by atoms with van der Waals surface area (Å²) in [4.78, 5) is 16.4. The molecule has 1 saturated heterocycles. The first-order chi connectivity index (χ1) is 9.05. The SMILES string of the molecule is COC1CN(c2nc(N)nc(N(C)C)n2)CC1OC. The van der Waals surface area contributed by atoms with Crippen molar-refractivity contribution >= 4 is 17.8 Å². The van der Waals surface area contributed by atoms with Crippen LogP contribution in [0.5, 0.6) is 0 Å². The Morgan fingerprint density at radius 1 is 1.11 bits per heavy atom. The predicted octanol–water partition coefficient (Wildman–Crippen LogP) is -0.630. The Kier molecular flexibility index (Phi) is 4.01. The smallest absolute Gasteiger partial charge is 0.232 e. The molecule has 0 bridgehead atoms. The van der Waals surface area contributed by atoms with E-state index in [9.17, 15) is 0 Å². The maximum atomic E-state index is 5.72. The van der Waals surface area contributed by atoms with E-state index in [2.05, 4.69) is 15.0 Å². The van der Waals surface area contributed by atoms with Crippen LogP contribution in [-0.4, -0.2) is 68.6 Å². The summed E-state index contributed by atoms with van der Waals surface area (Å²) in [5.41, 5.74) is 5.72. The zero-order chi connectivity index (χ0) is 14.0. The number of hydrogen-bond acceptors (Lipinski definition) is 8. The third-order valence-electron chi connectivity index (χ3n) is 3.13. The molecule has 0 radical (unpaired) electrons. The van der Waals surface area contributed by atoms with E-state index in [1.807, 2.05) is 19.0 Å². The van der Waals surface area contributed by atoms with Gasteiger partial charge in [-0.1, -0.05) is 0 Å². The van der Waals surface area contributed by atoms with E-state index in [0.29, 0.717) is 25.0 Å². The third kappa shape index (κ3) is 2.85. The molecule has 2 N–H and O–H groups in total. The summed E-state index contributed by atoms with van der Waals surface area (Å²) in [7, 11) is 7.07. The standard InChI is InChI=1S/C11H20N6O2/c1-16(2)10-13-9(12)14-11(15-10)17-5-7(18-3)8(6-17)19-4/h7-8H,5-6H2,1-4H3,(H2,12,13,14,15). The largest absolute Gasteiger partial charge is 0.377 e. The minimum absolute atomic E-state index is 0.00537. The summed E-state index contributed by atoms with van der Waals surface area (Å²) >= 11 is 0. The molecule has 1 aromatic rings. The molecule has 2 atom stereocenters. The van der Waals surface area contributed by atoms with Crippen molar-refractivity contribution < 1.29 is 9.47 Å². The van der Waals surface area contributed by atoms with Gasteiger partial charge in [0.1, 0.15) is 12.2 Å². The number of methoxy groups -OCH3 is 2. The van der Waals surface area contributed by atoms with Crippen molar-refractivity contribution in [3.63, 3.8) is 0 Å².